The first-order valence-electron chi connectivity index (χ1n) is 6.79. The van der Waals surface area contributed by atoms with Gasteiger partial charge in [-0.3, -0.25) is 4.79 Å². The van der Waals surface area contributed by atoms with Crippen LogP contribution >= 0.6 is 15.9 Å². The molecule has 0 unspecified atom stereocenters. The molecular weight excluding hydrogens is 344 g/mol. The molecule has 0 radical (unpaired) electrons. The second kappa shape index (κ2) is 7.75. The standard InChI is InChI=1S/C17H17BrN2O2/c1-12-3-5-13(6-4-12)10-17(21)20-19-11-14-7-8-16(22-2)15(18)9-14/h3-9,11H,10H2,1-2H3,(H,20,21)/b19-11+. The number of hydrogen-bond acceptors (Lipinski definition) is 3. The van der Waals surface area contributed by atoms with Crippen molar-refractivity contribution < 1.29 is 9.53 Å². The number of carbonyl (C=O) groups is 1. The number of amides is 1. The largest absolute Gasteiger partial charge is 0.496 e. The van der Waals surface area contributed by atoms with E-state index in [1.165, 1.54) is 5.56 Å². The maximum Gasteiger partial charge on any atom is 0.244 e. The lowest BCUT2D eigenvalue weighted by Gasteiger charge is -2.03. The van der Waals surface area contributed by atoms with Crippen molar-refractivity contribution >= 4 is 28.1 Å². The number of nitrogens with one attached hydrogen (secondary N) is 1. The third-order valence-corrected chi connectivity index (χ3v) is 3.68. The molecule has 0 saturated carbocycles. The summed E-state index contributed by atoms with van der Waals surface area (Å²) in [7, 11) is 1.61. The van der Waals surface area contributed by atoms with E-state index in [2.05, 4.69) is 26.5 Å². The van der Waals surface area contributed by atoms with Crippen LogP contribution in [0.4, 0.5) is 0 Å². The lowest BCUT2D eigenvalue weighted by molar-refractivity contribution is -0.120. The van der Waals surface area contributed by atoms with Gasteiger partial charge in [0.05, 0.1) is 24.2 Å². The predicted molar refractivity (Wildman–Crippen MR) is 91.3 cm³/mol. The smallest absolute Gasteiger partial charge is 0.244 e. The first-order chi connectivity index (χ1) is 10.6. The number of halogens is 1. The van der Waals surface area contributed by atoms with Crippen LogP contribution in [0.5, 0.6) is 5.75 Å². The summed E-state index contributed by atoms with van der Waals surface area (Å²) in [5, 5.41) is 3.97. The van der Waals surface area contributed by atoms with Crippen LogP contribution in [-0.4, -0.2) is 19.2 Å². The fourth-order valence-electron chi connectivity index (χ4n) is 1.87. The second-order valence-electron chi connectivity index (χ2n) is 4.85. The summed E-state index contributed by atoms with van der Waals surface area (Å²) >= 11 is 3.40. The van der Waals surface area contributed by atoms with Crippen LogP contribution < -0.4 is 10.2 Å². The van der Waals surface area contributed by atoms with Crippen molar-refractivity contribution in [2.45, 2.75) is 13.3 Å². The normalized spacial score (nSPS) is 10.7. The van der Waals surface area contributed by atoms with Gasteiger partial charge in [-0.1, -0.05) is 29.8 Å². The topological polar surface area (TPSA) is 50.7 Å². The summed E-state index contributed by atoms with van der Waals surface area (Å²) in [5.41, 5.74) is 5.53. The minimum atomic E-state index is -0.146. The summed E-state index contributed by atoms with van der Waals surface area (Å²) in [4.78, 5) is 11.8. The molecule has 0 saturated heterocycles. The van der Waals surface area contributed by atoms with Crippen LogP contribution in [0.1, 0.15) is 16.7 Å². The molecule has 114 valence electrons. The van der Waals surface area contributed by atoms with Crippen molar-refractivity contribution in [3.05, 3.63) is 63.6 Å². The van der Waals surface area contributed by atoms with Gasteiger partial charge in [-0.05, 0) is 52.2 Å². The van der Waals surface area contributed by atoms with Crippen LogP contribution in [0.2, 0.25) is 0 Å². The van der Waals surface area contributed by atoms with Gasteiger partial charge in [-0.15, -0.1) is 0 Å². The minimum Gasteiger partial charge on any atom is -0.496 e. The molecule has 2 rings (SSSR count). The van der Waals surface area contributed by atoms with Gasteiger partial charge in [0.2, 0.25) is 5.91 Å². The molecule has 0 aliphatic carbocycles. The molecule has 5 heteroatoms. The van der Waals surface area contributed by atoms with E-state index in [0.29, 0.717) is 6.42 Å². The van der Waals surface area contributed by atoms with Crippen molar-refractivity contribution in [3.63, 3.8) is 0 Å². The molecule has 0 spiro atoms. The molecule has 0 bridgehead atoms. The Balaban J connectivity index is 1.90. The van der Waals surface area contributed by atoms with Crippen LogP contribution in [0.15, 0.2) is 52.0 Å². The first kappa shape index (κ1) is 16.2. The fourth-order valence-corrected chi connectivity index (χ4v) is 2.43. The molecule has 1 amide bonds. The summed E-state index contributed by atoms with van der Waals surface area (Å²) < 4.78 is 5.99. The van der Waals surface area contributed by atoms with Crippen LogP contribution in [0.3, 0.4) is 0 Å². The lowest BCUT2D eigenvalue weighted by atomic mass is 10.1. The van der Waals surface area contributed by atoms with Gasteiger partial charge >= 0.3 is 0 Å². The number of ether oxygens (including phenoxy) is 1. The van der Waals surface area contributed by atoms with Gasteiger partial charge in [-0.25, -0.2) is 5.43 Å². The molecular formula is C17H17BrN2O2. The van der Waals surface area contributed by atoms with Gasteiger partial charge in [0.25, 0.3) is 0 Å². The number of rotatable bonds is 5. The van der Waals surface area contributed by atoms with Gasteiger partial charge < -0.3 is 4.74 Å². The van der Waals surface area contributed by atoms with E-state index in [4.69, 9.17) is 4.74 Å². The molecule has 0 fully saturated rings. The molecule has 0 aromatic heterocycles. The number of carbonyl (C=O) groups excluding carboxylic acids is 1. The Morgan fingerprint density at radius 3 is 2.64 bits per heavy atom. The van der Waals surface area contributed by atoms with Gasteiger partial charge in [0, 0.05) is 0 Å². The minimum absolute atomic E-state index is 0.146. The Hall–Kier alpha value is -2.14. The highest BCUT2D eigenvalue weighted by Crippen LogP contribution is 2.24. The van der Waals surface area contributed by atoms with Gasteiger partial charge in [0.15, 0.2) is 0 Å². The van der Waals surface area contributed by atoms with Crippen molar-refractivity contribution in [3.8, 4) is 5.75 Å². The maximum atomic E-state index is 11.8. The number of aryl methyl sites for hydroxylation is 1. The number of hydrazone groups is 1. The molecule has 2 aromatic carbocycles. The van der Waals surface area contributed by atoms with Gasteiger partial charge in [0.1, 0.15) is 5.75 Å². The number of hydrogen-bond donors (Lipinski definition) is 1. The highest BCUT2D eigenvalue weighted by Gasteiger charge is 2.02. The van der Waals surface area contributed by atoms with E-state index in [1.807, 2.05) is 49.4 Å². The quantitative estimate of drug-likeness (QED) is 0.655. The molecule has 0 heterocycles. The Morgan fingerprint density at radius 1 is 1.27 bits per heavy atom. The molecule has 0 atom stereocenters. The van der Waals surface area contributed by atoms with Crippen molar-refractivity contribution in [2.24, 2.45) is 5.10 Å². The zero-order valence-corrected chi connectivity index (χ0v) is 14.1. The van der Waals surface area contributed by atoms with E-state index in [0.717, 1.165) is 21.3 Å². The number of benzene rings is 2. The average molecular weight is 361 g/mol. The van der Waals surface area contributed by atoms with E-state index in [-0.39, 0.29) is 5.91 Å². The lowest BCUT2D eigenvalue weighted by Crippen LogP contribution is -2.19. The summed E-state index contributed by atoms with van der Waals surface area (Å²) in [6.07, 6.45) is 1.90. The Kier molecular flexibility index (Phi) is 5.72. The number of methoxy groups -OCH3 is 1. The summed E-state index contributed by atoms with van der Waals surface area (Å²) in [5.74, 6) is 0.605. The van der Waals surface area contributed by atoms with E-state index < -0.39 is 0 Å². The van der Waals surface area contributed by atoms with Crippen molar-refractivity contribution in [2.75, 3.05) is 7.11 Å². The molecule has 22 heavy (non-hydrogen) atoms. The van der Waals surface area contributed by atoms with Gasteiger partial charge in [-0.2, -0.15) is 5.10 Å². The van der Waals surface area contributed by atoms with Crippen molar-refractivity contribution in [1.82, 2.24) is 5.43 Å². The molecule has 1 N–H and O–H groups in total. The predicted octanol–water partition coefficient (Wildman–Crippen LogP) is 3.46. The Bertz CT molecular complexity index is 682. The zero-order valence-electron chi connectivity index (χ0n) is 12.5. The Labute approximate surface area is 138 Å². The van der Waals surface area contributed by atoms with Crippen LogP contribution in [0.25, 0.3) is 0 Å². The molecule has 0 aliphatic rings. The van der Waals surface area contributed by atoms with Crippen LogP contribution in [0, 0.1) is 6.92 Å². The monoisotopic (exact) mass is 360 g/mol. The summed E-state index contributed by atoms with van der Waals surface area (Å²) in [6, 6.07) is 13.4. The fraction of sp³-hybridized carbons (Fsp3) is 0.176. The average Bonchev–Trinajstić information content (AvgIpc) is 2.50. The van der Waals surface area contributed by atoms with E-state index in [1.54, 1.807) is 13.3 Å². The third-order valence-electron chi connectivity index (χ3n) is 3.06. The zero-order chi connectivity index (χ0) is 15.9. The molecule has 2 aromatic rings. The SMILES string of the molecule is COc1ccc(/C=N/NC(=O)Cc2ccc(C)cc2)cc1Br. The Morgan fingerprint density at radius 2 is 2.00 bits per heavy atom. The van der Waals surface area contributed by atoms with Crippen molar-refractivity contribution in [1.29, 1.82) is 0 Å². The first-order valence-corrected chi connectivity index (χ1v) is 7.59. The maximum absolute atomic E-state index is 11.8. The highest BCUT2D eigenvalue weighted by molar-refractivity contribution is 9.10. The summed E-state index contributed by atoms with van der Waals surface area (Å²) in [6.45, 7) is 2.02. The van der Waals surface area contributed by atoms with E-state index >= 15 is 0 Å². The van der Waals surface area contributed by atoms with Crippen LogP contribution in [-0.2, 0) is 11.2 Å². The molecule has 4 nitrogen and oxygen atoms in total. The third kappa shape index (κ3) is 4.70. The second-order valence-corrected chi connectivity index (χ2v) is 5.70. The highest BCUT2D eigenvalue weighted by atomic mass is 79.9. The number of nitrogens with zero attached hydrogens (tertiary/aromatic N) is 1. The molecule has 0 aliphatic heterocycles. The van der Waals surface area contributed by atoms with E-state index in [9.17, 15) is 4.79 Å².